The average Bonchev–Trinajstić information content (AvgIpc) is 3.20. The normalized spacial score (nSPS) is 11.8. The first-order valence-corrected chi connectivity index (χ1v) is 9.84. The van der Waals surface area contributed by atoms with E-state index in [0.717, 1.165) is 22.5 Å². The largest absolute Gasteiger partial charge is 0.360 e. The van der Waals surface area contributed by atoms with E-state index >= 15 is 0 Å². The first-order chi connectivity index (χ1) is 12.8. The van der Waals surface area contributed by atoms with Gasteiger partial charge in [-0.15, -0.1) is 0 Å². The van der Waals surface area contributed by atoms with Crippen LogP contribution in [-0.4, -0.2) is 23.0 Å². The minimum absolute atomic E-state index is 0.0717. The second-order valence-corrected chi connectivity index (χ2v) is 8.00. The van der Waals surface area contributed by atoms with Gasteiger partial charge in [-0.1, -0.05) is 23.4 Å². The Morgan fingerprint density at radius 1 is 1.07 bits per heavy atom. The fourth-order valence-corrected chi connectivity index (χ4v) is 4.46. The number of sulfonamides is 1. The van der Waals surface area contributed by atoms with Crippen molar-refractivity contribution in [1.29, 1.82) is 0 Å². The molecule has 0 aliphatic carbocycles. The number of fused-ring (bicyclic) bond motifs is 1. The lowest BCUT2D eigenvalue weighted by molar-refractivity contribution is 0.390. The number of aryl methyl sites for hydroxylation is 3. The average molecular weight is 382 g/mol. The fraction of sp³-hybridized carbons (Fsp3) is 0.158. The van der Waals surface area contributed by atoms with Gasteiger partial charge in [0.1, 0.15) is 11.3 Å². The summed E-state index contributed by atoms with van der Waals surface area (Å²) in [5.41, 5.74) is 4.50. The lowest BCUT2D eigenvalue weighted by Gasteiger charge is -2.08. The van der Waals surface area contributed by atoms with Gasteiger partial charge >= 0.3 is 0 Å². The molecular formula is C19H18N4O3S. The third kappa shape index (κ3) is 3.08. The van der Waals surface area contributed by atoms with Gasteiger partial charge in [-0.3, -0.25) is 4.72 Å². The number of nitrogens with zero attached hydrogens (tertiary/aromatic N) is 3. The van der Waals surface area contributed by atoms with E-state index in [1.807, 2.05) is 48.0 Å². The monoisotopic (exact) mass is 382 g/mol. The topological polar surface area (TPSA) is 89.5 Å². The predicted molar refractivity (Wildman–Crippen MR) is 102 cm³/mol. The molecule has 0 aliphatic rings. The lowest BCUT2D eigenvalue weighted by Crippen LogP contribution is -2.14. The number of rotatable bonds is 4. The molecule has 0 saturated heterocycles. The molecule has 0 saturated carbocycles. The van der Waals surface area contributed by atoms with E-state index in [2.05, 4.69) is 14.9 Å². The molecule has 7 nitrogen and oxygen atoms in total. The Morgan fingerprint density at radius 3 is 2.44 bits per heavy atom. The third-order valence-electron chi connectivity index (χ3n) is 4.35. The molecule has 0 amide bonds. The van der Waals surface area contributed by atoms with Gasteiger partial charge in [0.15, 0.2) is 10.7 Å². The maximum atomic E-state index is 12.6. The van der Waals surface area contributed by atoms with Gasteiger partial charge in [0.2, 0.25) is 0 Å². The van der Waals surface area contributed by atoms with Crippen LogP contribution in [-0.2, 0) is 10.0 Å². The molecule has 27 heavy (non-hydrogen) atoms. The van der Waals surface area contributed by atoms with E-state index < -0.39 is 10.0 Å². The summed E-state index contributed by atoms with van der Waals surface area (Å²) in [5, 5.41) is 3.70. The van der Waals surface area contributed by atoms with Gasteiger partial charge in [0.05, 0.1) is 5.69 Å². The number of pyridine rings is 1. The van der Waals surface area contributed by atoms with Crippen molar-refractivity contribution < 1.29 is 12.9 Å². The highest BCUT2D eigenvalue weighted by atomic mass is 32.2. The lowest BCUT2D eigenvalue weighted by atomic mass is 10.1. The summed E-state index contributed by atoms with van der Waals surface area (Å²) < 4.78 is 34.7. The molecule has 0 fully saturated rings. The molecule has 1 N–H and O–H groups in total. The molecule has 4 rings (SSSR count). The highest BCUT2D eigenvalue weighted by Gasteiger charge is 2.24. The molecule has 0 unspecified atom stereocenters. The van der Waals surface area contributed by atoms with Crippen LogP contribution >= 0.6 is 0 Å². The number of hydrogen-bond acceptors (Lipinski definition) is 5. The zero-order valence-electron chi connectivity index (χ0n) is 15.1. The van der Waals surface area contributed by atoms with Gasteiger partial charge < -0.3 is 8.92 Å². The molecule has 0 atom stereocenters. The van der Waals surface area contributed by atoms with Crippen LogP contribution in [0.1, 0.15) is 17.0 Å². The molecule has 3 heterocycles. The predicted octanol–water partition coefficient (Wildman–Crippen LogP) is 3.72. The Balaban J connectivity index is 1.63. The first kappa shape index (κ1) is 17.3. The number of imidazole rings is 1. The maximum absolute atomic E-state index is 12.6. The number of nitrogens with one attached hydrogen (secondary N) is 1. The van der Waals surface area contributed by atoms with Crippen molar-refractivity contribution in [3.63, 3.8) is 0 Å². The summed E-state index contributed by atoms with van der Waals surface area (Å²) in [6, 6.07) is 11.1. The van der Waals surface area contributed by atoms with Gasteiger partial charge in [-0.25, -0.2) is 13.4 Å². The van der Waals surface area contributed by atoms with E-state index in [-0.39, 0.29) is 10.7 Å². The van der Waals surface area contributed by atoms with E-state index in [0.29, 0.717) is 11.4 Å². The van der Waals surface area contributed by atoms with Gasteiger partial charge in [0, 0.05) is 23.6 Å². The maximum Gasteiger partial charge on any atom is 0.267 e. The molecule has 1 aromatic carbocycles. The zero-order chi connectivity index (χ0) is 19.2. The van der Waals surface area contributed by atoms with Crippen molar-refractivity contribution in [2.24, 2.45) is 0 Å². The van der Waals surface area contributed by atoms with Crippen LogP contribution < -0.4 is 4.72 Å². The van der Waals surface area contributed by atoms with Crippen LogP contribution in [0.15, 0.2) is 58.2 Å². The van der Waals surface area contributed by atoms with E-state index in [1.54, 1.807) is 26.0 Å². The molecule has 4 aromatic rings. The van der Waals surface area contributed by atoms with Crippen LogP contribution in [0.2, 0.25) is 0 Å². The molecule has 0 radical (unpaired) electrons. The smallest absolute Gasteiger partial charge is 0.267 e. The quantitative estimate of drug-likeness (QED) is 0.581. The van der Waals surface area contributed by atoms with Crippen molar-refractivity contribution in [3.8, 4) is 11.3 Å². The molecule has 0 spiro atoms. The SMILES string of the molecule is Cc1noc(C)c1S(=O)(=O)Nc1ccc(-c2cn3cccc(C)c3n2)cc1. The van der Waals surface area contributed by atoms with Crippen molar-refractivity contribution in [2.75, 3.05) is 4.72 Å². The van der Waals surface area contributed by atoms with E-state index in [1.165, 1.54) is 0 Å². The third-order valence-corrected chi connectivity index (χ3v) is 5.97. The van der Waals surface area contributed by atoms with Crippen LogP contribution in [0, 0.1) is 20.8 Å². The zero-order valence-corrected chi connectivity index (χ0v) is 15.9. The highest BCUT2D eigenvalue weighted by molar-refractivity contribution is 7.92. The minimum Gasteiger partial charge on any atom is -0.360 e. The van der Waals surface area contributed by atoms with Gasteiger partial charge in [-0.05, 0) is 44.5 Å². The second-order valence-electron chi connectivity index (χ2n) is 6.38. The number of anilines is 1. The molecule has 138 valence electrons. The molecule has 8 heteroatoms. The number of hydrogen-bond donors (Lipinski definition) is 1. The second kappa shape index (κ2) is 6.24. The van der Waals surface area contributed by atoms with Crippen molar-refractivity contribution in [1.82, 2.24) is 14.5 Å². The Bertz CT molecular complexity index is 1220. The van der Waals surface area contributed by atoms with Crippen LogP contribution in [0.3, 0.4) is 0 Å². The van der Waals surface area contributed by atoms with Crippen molar-refractivity contribution in [3.05, 3.63) is 65.8 Å². The van der Waals surface area contributed by atoms with Crippen LogP contribution in [0.25, 0.3) is 16.9 Å². The summed E-state index contributed by atoms with van der Waals surface area (Å²) >= 11 is 0. The standard InChI is InChI=1S/C19H18N4O3S/c1-12-5-4-10-23-11-17(20-19(12)23)15-6-8-16(9-7-15)22-27(24,25)18-13(2)21-26-14(18)3/h4-11,22H,1-3H3. The Kier molecular flexibility index (Phi) is 4.00. The van der Waals surface area contributed by atoms with Gasteiger partial charge in [0.25, 0.3) is 10.0 Å². The molecular weight excluding hydrogens is 364 g/mol. The Labute approximate surface area is 156 Å². The number of aromatic nitrogens is 3. The minimum atomic E-state index is -3.76. The Hall–Kier alpha value is -3.13. The summed E-state index contributed by atoms with van der Waals surface area (Å²) in [6.07, 6.45) is 3.90. The van der Waals surface area contributed by atoms with E-state index in [9.17, 15) is 8.42 Å². The molecule has 3 aromatic heterocycles. The van der Waals surface area contributed by atoms with Crippen LogP contribution in [0.4, 0.5) is 5.69 Å². The van der Waals surface area contributed by atoms with Crippen LogP contribution in [0.5, 0.6) is 0 Å². The fourth-order valence-electron chi connectivity index (χ4n) is 3.07. The summed E-state index contributed by atoms with van der Waals surface area (Å²) in [6.45, 7) is 5.18. The highest BCUT2D eigenvalue weighted by Crippen LogP contribution is 2.25. The summed E-state index contributed by atoms with van der Waals surface area (Å²) in [5.74, 6) is 0.261. The van der Waals surface area contributed by atoms with Gasteiger partial charge in [-0.2, -0.15) is 0 Å². The first-order valence-electron chi connectivity index (χ1n) is 8.35. The molecule has 0 aliphatic heterocycles. The van der Waals surface area contributed by atoms with Crippen molar-refractivity contribution in [2.45, 2.75) is 25.7 Å². The van der Waals surface area contributed by atoms with E-state index in [4.69, 9.17) is 4.52 Å². The number of benzene rings is 1. The molecule has 0 bridgehead atoms. The summed E-state index contributed by atoms with van der Waals surface area (Å²) in [7, 11) is -3.76. The summed E-state index contributed by atoms with van der Waals surface area (Å²) in [4.78, 5) is 4.73. The van der Waals surface area contributed by atoms with Crippen molar-refractivity contribution >= 4 is 21.4 Å². The Morgan fingerprint density at radius 2 is 1.81 bits per heavy atom.